The highest BCUT2D eigenvalue weighted by Gasteiger charge is 2.09. The molecule has 1 heterocycles. The van der Waals surface area contributed by atoms with E-state index < -0.39 is 5.91 Å². The largest absolute Gasteiger partial charge is 0.368 e. The molecule has 0 fully saturated rings. The number of fused-ring (bicyclic) bond motifs is 1. The molecule has 0 atom stereocenters. The molecule has 2 aromatic rings. The van der Waals surface area contributed by atoms with Crippen LogP contribution in [-0.4, -0.2) is 22.9 Å². The van der Waals surface area contributed by atoms with E-state index in [9.17, 15) is 9.59 Å². The topological polar surface area (TPSA) is 77.1 Å². The molecule has 1 aromatic carbocycles. The number of nitrogens with zero attached hydrogens (tertiary/aromatic N) is 1. The molecule has 18 heavy (non-hydrogen) atoms. The molecule has 0 aliphatic carbocycles. The minimum absolute atomic E-state index is 0.128. The summed E-state index contributed by atoms with van der Waals surface area (Å²) in [5, 5.41) is 3.57. The van der Waals surface area contributed by atoms with Crippen molar-refractivity contribution >= 4 is 22.7 Å². The molecule has 0 bridgehead atoms. The highest BCUT2D eigenvalue weighted by Crippen LogP contribution is 2.18. The molecule has 2 amide bonds. The van der Waals surface area contributed by atoms with Gasteiger partial charge in [-0.15, -0.1) is 0 Å². The highest BCUT2D eigenvalue weighted by molar-refractivity contribution is 5.86. The molecule has 0 saturated carbocycles. The Bertz CT molecular complexity index is 601. The van der Waals surface area contributed by atoms with Gasteiger partial charge in [0.2, 0.25) is 11.8 Å². The van der Waals surface area contributed by atoms with Crippen molar-refractivity contribution in [2.24, 2.45) is 5.73 Å². The third-order valence-corrected chi connectivity index (χ3v) is 2.78. The Balaban J connectivity index is 2.18. The minimum atomic E-state index is -0.544. The summed E-state index contributed by atoms with van der Waals surface area (Å²) in [7, 11) is 0. The molecule has 0 aliphatic heterocycles. The van der Waals surface area contributed by atoms with Crippen LogP contribution in [0, 0.1) is 6.92 Å². The molecular formula is C13H15N3O2. The van der Waals surface area contributed by atoms with E-state index >= 15 is 0 Å². The van der Waals surface area contributed by atoms with Gasteiger partial charge in [0.05, 0.1) is 6.54 Å². The van der Waals surface area contributed by atoms with Crippen molar-refractivity contribution in [3.8, 4) is 0 Å². The number of rotatable bonds is 4. The van der Waals surface area contributed by atoms with E-state index in [1.54, 1.807) is 0 Å². The van der Waals surface area contributed by atoms with E-state index in [1.165, 1.54) is 0 Å². The minimum Gasteiger partial charge on any atom is -0.368 e. The second-order valence-corrected chi connectivity index (χ2v) is 4.17. The third kappa shape index (κ3) is 2.51. The summed E-state index contributed by atoms with van der Waals surface area (Å²) in [4.78, 5) is 22.3. The second-order valence-electron chi connectivity index (χ2n) is 4.17. The van der Waals surface area contributed by atoms with Gasteiger partial charge in [-0.3, -0.25) is 9.59 Å². The fourth-order valence-electron chi connectivity index (χ4n) is 1.94. The maximum absolute atomic E-state index is 11.7. The van der Waals surface area contributed by atoms with Crippen molar-refractivity contribution in [3.05, 3.63) is 36.0 Å². The lowest BCUT2D eigenvalue weighted by atomic mass is 10.2. The van der Waals surface area contributed by atoms with Gasteiger partial charge in [-0.2, -0.15) is 0 Å². The molecule has 0 spiro atoms. The number of amides is 2. The Labute approximate surface area is 105 Å². The van der Waals surface area contributed by atoms with E-state index in [4.69, 9.17) is 5.73 Å². The van der Waals surface area contributed by atoms with Gasteiger partial charge in [-0.05, 0) is 24.4 Å². The Hall–Kier alpha value is -2.30. The standard InChI is InChI=1S/C13H15N3O2/c1-9-6-10-4-2-3-5-11(10)16(9)8-13(18)15-7-12(14)17/h2-6H,7-8H2,1H3,(H2,14,17)(H,15,18). The van der Waals surface area contributed by atoms with Gasteiger partial charge >= 0.3 is 0 Å². The first-order chi connectivity index (χ1) is 8.58. The van der Waals surface area contributed by atoms with Crippen molar-refractivity contribution in [3.63, 3.8) is 0 Å². The quantitative estimate of drug-likeness (QED) is 0.825. The number of aromatic nitrogens is 1. The average Bonchev–Trinajstić information content (AvgIpc) is 2.64. The lowest BCUT2D eigenvalue weighted by Crippen LogP contribution is -2.35. The summed E-state index contributed by atoms with van der Waals surface area (Å²) >= 11 is 0. The maximum atomic E-state index is 11.7. The monoisotopic (exact) mass is 245 g/mol. The van der Waals surface area contributed by atoms with Crippen LogP contribution in [0.2, 0.25) is 0 Å². The summed E-state index contributed by atoms with van der Waals surface area (Å²) in [5.74, 6) is -0.768. The first kappa shape index (κ1) is 12.2. The molecule has 3 N–H and O–H groups in total. The molecule has 94 valence electrons. The van der Waals surface area contributed by atoms with Gasteiger partial charge < -0.3 is 15.6 Å². The second kappa shape index (κ2) is 4.91. The van der Waals surface area contributed by atoms with Crippen LogP contribution in [0.25, 0.3) is 10.9 Å². The number of hydrogen-bond donors (Lipinski definition) is 2. The van der Waals surface area contributed by atoms with E-state index in [1.807, 2.05) is 41.8 Å². The predicted molar refractivity (Wildman–Crippen MR) is 68.9 cm³/mol. The predicted octanol–water partition coefficient (Wildman–Crippen LogP) is 0.551. The van der Waals surface area contributed by atoms with Crippen LogP contribution in [-0.2, 0) is 16.1 Å². The summed E-state index contributed by atoms with van der Waals surface area (Å²) in [6, 6.07) is 9.87. The van der Waals surface area contributed by atoms with Gasteiger partial charge in [-0.25, -0.2) is 0 Å². The zero-order chi connectivity index (χ0) is 13.1. The zero-order valence-electron chi connectivity index (χ0n) is 10.1. The lowest BCUT2D eigenvalue weighted by molar-refractivity contribution is -0.125. The molecule has 5 nitrogen and oxygen atoms in total. The molecule has 0 unspecified atom stereocenters. The van der Waals surface area contributed by atoms with Crippen molar-refractivity contribution in [2.75, 3.05) is 6.54 Å². The highest BCUT2D eigenvalue weighted by atomic mass is 16.2. The van der Waals surface area contributed by atoms with Crippen molar-refractivity contribution in [1.82, 2.24) is 9.88 Å². The van der Waals surface area contributed by atoms with Gasteiger partial charge in [0.25, 0.3) is 0 Å². The number of hydrogen-bond acceptors (Lipinski definition) is 2. The van der Waals surface area contributed by atoms with E-state index in [2.05, 4.69) is 5.32 Å². The van der Waals surface area contributed by atoms with Crippen molar-refractivity contribution < 1.29 is 9.59 Å². The molecule has 0 aliphatic rings. The number of carbonyl (C=O) groups is 2. The van der Waals surface area contributed by atoms with Crippen LogP contribution in [0.5, 0.6) is 0 Å². The Kier molecular flexibility index (Phi) is 3.32. The van der Waals surface area contributed by atoms with Gasteiger partial charge in [0.1, 0.15) is 6.54 Å². The Morgan fingerprint density at radius 2 is 2.06 bits per heavy atom. The molecule has 5 heteroatoms. The first-order valence-electron chi connectivity index (χ1n) is 5.68. The molecule has 0 radical (unpaired) electrons. The van der Waals surface area contributed by atoms with E-state index in [-0.39, 0.29) is 19.0 Å². The number of primary amides is 1. The van der Waals surface area contributed by atoms with Crippen LogP contribution >= 0.6 is 0 Å². The SMILES string of the molecule is Cc1cc2ccccc2n1CC(=O)NCC(N)=O. The summed E-state index contributed by atoms with van der Waals surface area (Å²) in [6.07, 6.45) is 0. The number of carbonyl (C=O) groups excluding carboxylic acids is 2. The zero-order valence-corrected chi connectivity index (χ0v) is 10.1. The lowest BCUT2D eigenvalue weighted by Gasteiger charge is -2.08. The van der Waals surface area contributed by atoms with Gasteiger partial charge in [0, 0.05) is 11.2 Å². The smallest absolute Gasteiger partial charge is 0.240 e. The molecular weight excluding hydrogens is 230 g/mol. The summed E-state index contributed by atoms with van der Waals surface area (Å²) < 4.78 is 1.91. The maximum Gasteiger partial charge on any atom is 0.240 e. The molecule has 0 saturated heterocycles. The van der Waals surface area contributed by atoms with Crippen LogP contribution in [0.15, 0.2) is 30.3 Å². The Morgan fingerprint density at radius 1 is 1.33 bits per heavy atom. The van der Waals surface area contributed by atoms with E-state index in [0.29, 0.717) is 0 Å². The van der Waals surface area contributed by atoms with Crippen LogP contribution in [0.3, 0.4) is 0 Å². The van der Waals surface area contributed by atoms with Crippen LogP contribution in [0.1, 0.15) is 5.69 Å². The Morgan fingerprint density at radius 3 is 2.78 bits per heavy atom. The number of nitrogens with one attached hydrogen (secondary N) is 1. The number of benzene rings is 1. The van der Waals surface area contributed by atoms with Crippen LogP contribution in [0.4, 0.5) is 0 Å². The average molecular weight is 245 g/mol. The van der Waals surface area contributed by atoms with Crippen molar-refractivity contribution in [1.29, 1.82) is 0 Å². The van der Waals surface area contributed by atoms with Crippen molar-refractivity contribution in [2.45, 2.75) is 13.5 Å². The van der Waals surface area contributed by atoms with Gasteiger partial charge in [0.15, 0.2) is 0 Å². The number of aryl methyl sites for hydroxylation is 1. The van der Waals surface area contributed by atoms with E-state index in [0.717, 1.165) is 16.6 Å². The van der Waals surface area contributed by atoms with Crippen LogP contribution < -0.4 is 11.1 Å². The number of nitrogens with two attached hydrogens (primary N) is 1. The third-order valence-electron chi connectivity index (χ3n) is 2.78. The normalized spacial score (nSPS) is 10.5. The first-order valence-corrected chi connectivity index (χ1v) is 5.68. The molecule has 2 rings (SSSR count). The fraction of sp³-hybridized carbons (Fsp3) is 0.231. The summed E-state index contributed by atoms with van der Waals surface area (Å²) in [6.45, 7) is 2.01. The summed E-state index contributed by atoms with van der Waals surface area (Å²) in [5.41, 5.74) is 6.98. The number of para-hydroxylation sites is 1. The van der Waals surface area contributed by atoms with Gasteiger partial charge in [-0.1, -0.05) is 18.2 Å². The fourth-order valence-corrected chi connectivity index (χ4v) is 1.94. The molecule has 1 aromatic heterocycles.